The van der Waals surface area contributed by atoms with Crippen molar-refractivity contribution < 1.29 is 29.0 Å². The molecule has 1 saturated heterocycles. The van der Waals surface area contributed by atoms with Gasteiger partial charge in [-0.15, -0.1) is 0 Å². The summed E-state index contributed by atoms with van der Waals surface area (Å²) in [5, 5.41) is 14.6. The molecule has 1 aromatic carbocycles. The second-order valence-electron chi connectivity index (χ2n) is 11.0. The van der Waals surface area contributed by atoms with Gasteiger partial charge in [-0.2, -0.15) is 0 Å². The molecule has 1 fully saturated rings. The molecular weight excluding hydrogens is 474 g/mol. The van der Waals surface area contributed by atoms with Gasteiger partial charge in [-0.05, 0) is 66.2 Å². The number of carbonyl (C=O) groups is 3. The molecule has 3 heterocycles. The molecule has 0 saturated carbocycles. The number of cyclic esters (lactones) is 1. The number of ether oxygens (including phenoxy) is 2. The third kappa shape index (κ3) is 5.97. The smallest absolute Gasteiger partial charge is 0.407 e. The lowest BCUT2D eigenvalue weighted by molar-refractivity contribution is -0.150. The summed E-state index contributed by atoms with van der Waals surface area (Å²) in [6.45, 7) is 7.92. The number of amides is 2. The van der Waals surface area contributed by atoms with E-state index in [1.54, 1.807) is 6.20 Å². The zero-order valence-corrected chi connectivity index (χ0v) is 22.1. The van der Waals surface area contributed by atoms with Crippen LogP contribution in [0.3, 0.4) is 0 Å². The quantitative estimate of drug-likeness (QED) is 0.623. The summed E-state index contributed by atoms with van der Waals surface area (Å²) in [4.78, 5) is 44.1. The molecule has 0 spiro atoms. The first-order valence-electron chi connectivity index (χ1n) is 13.1. The van der Waals surface area contributed by atoms with Crippen molar-refractivity contribution in [3.05, 3.63) is 35.5 Å². The Kier molecular flexibility index (Phi) is 7.90. The topological polar surface area (TPSA) is 118 Å². The van der Waals surface area contributed by atoms with E-state index in [0.717, 1.165) is 36.5 Å². The van der Waals surface area contributed by atoms with E-state index in [1.165, 1.54) is 16.0 Å². The van der Waals surface area contributed by atoms with Crippen LogP contribution in [-0.4, -0.2) is 64.3 Å². The van der Waals surface area contributed by atoms with Gasteiger partial charge in [0.15, 0.2) is 0 Å². The Morgan fingerprint density at radius 2 is 1.97 bits per heavy atom. The Morgan fingerprint density at radius 3 is 2.68 bits per heavy atom. The van der Waals surface area contributed by atoms with Crippen LogP contribution in [0.25, 0.3) is 10.8 Å². The van der Waals surface area contributed by atoms with Gasteiger partial charge in [-0.25, -0.2) is 14.6 Å². The van der Waals surface area contributed by atoms with Crippen LogP contribution < -0.4 is 10.1 Å². The van der Waals surface area contributed by atoms with Gasteiger partial charge in [0.2, 0.25) is 11.8 Å². The van der Waals surface area contributed by atoms with E-state index < -0.39 is 41.6 Å². The molecule has 2 N–H and O–H groups in total. The normalized spacial score (nSPS) is 23.7. The van der Waals surface area contributed by atoms with Gasteiger partial charge >= 0.3 is 12.1 Å². The maximum Gasteiger partial charge on any atom is 0.407 e. The van der Waals surface area contributed by atoms with E-state index >= 15 is 0 Å². The highest BCUT2D eigenvalue weighted by Gasteiger charge is 2.46. The number of aliphatic carboxylic acids is 1. The SMILES string of the molecule is CCc1cc2cc3c(nccc13)O[C@@H]1C[C@@H](C(=O)O)N(C1)C(=O)[C@H](C(C)(C)C)NC(=O)OCCCCC2. The number of hydrogen-bond donors (Lipinski definition) is 2. The fraction of sp³-hybridized carbons (Fsp3) is 0.571. The number of carboxylic acid groups (broad SMARTS) is 1. The highest BCUT2D eigenvalue weighted by molar-refractivity contribution is 5.91. The molecule has 0 unspecified atom stereocenters. The van der Waals surface area contributed by atoms with Crippen LogP contribution in [0.2, 0.25) is 0 Å². The Morgan fingerprint density at radius 1 is 1.19 bits per heavy atom. The molecule has 3 atom stereocenters. The number of fused-ring (bicyclic) bond motifs is 3. The van der Waals surface area contributed by atoms with Crippen molar-refractivity contribution in [1.82, 2.24) is 15.2 Å². The summed E-state index contributed by atoms with van der Waals surface area (Å²) in [5.41, 5.74) is 1.72. The predicted octanol–water partition coefficient (Wildman–Crippen LogP) is 4.10. The minimum Gasteiger partial charge on any atom is -0.480 e. The zero-order valence-electron chi connectivity index (χ0n) is 22.1. The summed E-state index contributed by atoms with van der Waals surface area (Å²) in [6, 6.07) is 4.28. The first-order valence-corrected chi connectivity index (χ1v) is 13.1. The van der Waals surface area contributed by atoms with Crippen LogP contribution in [-0.2, 0) is 27.2 Å². The number of hydrogen-bond acceptors (Lipinski definition) is 6. The van der Waals surface area contributed by atoms with Gasteiger partial charge in [0.25, 0.3) is 0 Å². The minimum absolute atomic E-state index is 0.0809. The second-order valence-corrected chi connectivity index (χ2v) is 11.0. The molecule has 0 aliphatic carbocycles. The molecular formula is C28H37N3O6. The van der Waals surface area contributed by atoms with E-state index in [-0.39, 0.29) is 19.6 Å². The van der Waals surface area contributed by atoms with Gasteiger partial charge in [0, 0.05) is 18.0 Å². The number of nitrogens with zero attached hydrogens (tertiary/aromatic N) is 2. The van der Waals surface area contributed by atoms with E-state index in [0.29, 0.717) is 12.3 Å². The van der Waals surface area contributed by atoms with Crippen molar-refractivity contribution in [2.45, 2.75) is 84.4 Å². The molecule has 4 rings (SSSR count). The van der Waals surface area contributed by atoms with Gasteiger partial charge in [-0.1, -0.05) is 33.8 Å². The van der Waals surface area contributed by atoms with Crippen LogP contribution in [0.4, 0.5) is 4.79 Å². The van der Waals surface area contributed by atoms with Crippen LogP contribution in [0.1, 0.15) is 64.5 Å². The van der Waals surface area contributed by atoms with E-state index in [9.17, 15) is 19.5 Å². The number of carboxylic acids is 1. The highest BCUT2D eigenvalue weighted by Crippen LogP contribution is 2.32. The van der Waals surface area contributed by atoms with Crippen molar-refractivity contribution in [3.8, 4) is 5.88 Å². The summed E-state index contributed by atoms with van der Waals surface area (Å²) >= 11 is 0. The van der Waals surface area contributed by atoms with E-state index in [4.69, 9.17) is 9.47 Å². The van der Waals surface area contributed by atoms with Gasteiger partial charge in [-0.3, -0.25) is 4.79 Å². The average Bonchev–Trinajstić information content (AvgIpc) is 3.27. The summed E-state index contributed by atoms with van der Waals surface area (Å²) in [5.74, 6) is -1.12. The maximum atomic E-state index is 13.6. The zero-order chi connectivity index (χ0) is 26.7. The van der Waals surface area contributed by atoms with Gasteiger partial charge in [0.05, 0.1) is 13.2 Å². The average molecular weight is 512 g/mol. The van der Waals surface area contributed by atoms with Crippen molar-refractivity contribution in [2.24, 2.45) is 5.41 Å². The Balaban J connectivity index is 1.73. The largest absolute Gasteiger partial charge is 0.480 e. The van der Waals surface area contributed by atoms with Gasteiger partial charge in [0.1, 0.15) is 18.2 Å². The summed E-state index contributed by atoms with van der Waals surface area (Å²) < 4.78 is 11.7. The third-order valence-electron chi connectivity index (χ3n) is 7.20. The Bertz CT molecular complexity index is 1170. The van der Waals surface area contributed by atoms with E-state index in [1.807, 2.05) is 26.8 Å². The minimum atomic E-state index is -1.11. The summed E-state index contributed by atoms with van der Waals surface area (Å²) in [7, 11) is 0. The fourth-order valence-corrected chi connectivity index (χ4v) is 5.20. The Labute approximate surface area is 217 Å². The number of aryl methyl sites for hydroxylation is 2. The molecule has 4 bridgehead atoms. The molecule has 2 aliphatic rings. The van der Waals surface area contributed by atoms with Crippen molar-refractivity contribution in [2.75, 3.05) is 13.2 Å². The molecule has 1 aromatic heterocycles. The number of pyridine rings is 1. The molecule has 9 heteroatoms. The first-order chi connectivity index (χ1) is 17.6. The van der Waals surface area contributed by atoms with Crippen molar-refractivity contribution in [3.63, 3.8) is 0 Å². The van der Waals surface area contributed by atoms with Crippen LogP contribution in [0.15, 0.2) is 24.4 Å². The van der Waals surface area contributed by atoms with Crippen LogP contribution in [0, 0.1) is 5.41 Å². The molecule has 2 amide bonds. The molecule has 0 radical (unpaired) electrons. The van der Waals surface area contributed by atoms with Crippen molar-refractivity contribution in [1.29, 1.82) is 0 Å². The number of carbonyl (C=O) groups excluding carboxylic acids is 2. The number of benzene rings is 1. The van der Waals surface area contributed by atoms with Crippen LogP contribution in [0.5, 0.6) is 5.88 Å². The molecule has 200 valence electrons. The first kappa shape index (κ1) is 26.7. The molecule has 2 aliphatic heterocycles. The maximum absolute atomic E-state index is 13.6. The number of alkyl carbamates (subject to hydrolysis) is 1. The standard InChI is InChI=1S/C28H37N3O6/c1-5-18-13-17-9-7-6-8-12-36-27(35)30-23(28(2,3)4)25(32)31-16-19(15-22(31)26(33)34)37-24-21(14-17)20(18)10-11-29-24/h10-11,13-14,19,22-23H,5-9,12,15-16H2,1-4H3,(H,30,35)(H,33,34)/t19-,22+,23-/m1/s1. The van der Waals surface area contributed by atoms with Crippen molar-refractivity contribution >= 4 is 28.7 Å². The summed E-state index contributed by atoms with van der Waals surface area (Å²) in [6.07, 6.45) is 4.88. The van der Waals surface area contributed by atoms with Crippen LogP contribution >= 0.6 is 0 Å². The third-order valence-corrected chi connectivity index (χ3v) is 7.20. The highest BCUT2D eigenvalue weighted by atomic mass is 16.5. The molecule has 2 aromatic rings. The van der Waals surface area contributed by atoms with Gasteiger partial charge < -0.3 is 24.8 Å². The lowest BCUT2D eigenvalue weighted by Crippen LogP contribution is -2.57. The monoisotopic (exact) mass is 511 g/mol. The lowest BCUT2D eigenvalue weighted by atomic mass is 9.85. The second kappa shape index (κ2) is 10.9. The predicted molar refractivity (Wildman–Crippen MR) is 139 cm³/mol. The molecule has 9 nitrogen and oxygen atoms in total. The number of rotatable bonds is 2. The van der Waals surface area contributed by atoms with E-state index in [2.05, 4.69) is 29.4 Å². The fourth-order valence-electron chi connectivity index (χ4n) is 5.20. The number of aromatic nitrogens is 1. The lowest BCUT2D eigenvalue weighted by Gasteiger charge is -2.34. The Hall–Kier alpha value is -3.36. The number of nitrogens with one attached hydrogen (secondary N) is 1. The molecule has 37 heavy (non-hydrogen) atoms.